The smallest absolute Gasteiger partial charge is 0.255 e. The van der Waals surface area contributed by atoms with Gasteiger partial charge in [0.05, 0.1) is 17.3 Å². The quantitative estimate of drug-likeness (QED) is 0.916. The SMILES string of the molecule is CCn1cc(C(=O)N[C@@H](C)c2cccnc2)c(C2CCOCC2)n1. The second-order valence-electron chi connectivity index (χ2n) is 6.15. The maximum Gasteiger partial charge on any atom is 0.255 e. The molecule has 128 valence electrons. The summed E-state index contributed by atoms with van der Waals surface area (Å²) in [6.45, 7) is 6.21. The number of pyridine rings is 1. The highest BCUT2D eigenvalue weighted by Crippen LogP contribution is 2.28. The molecule has 1 atom stereocenters. The minimum Gasteiger partial charge on any atom is -0.381 e. The highest BCUT2D eigenvalue weighted by molar-refractivity contribution is 5.95. The summed E-state index contributed by atoms with van der Waals surface area (Å²) in [5.74, 6) is 0.216. The van der Waals surface area contributed by atoms with E-state index in [-0.39, 0.29) is 11.9 Å². The first kappa shape index (κ1) is 16.6. The van der Waals surface area contributed by atoms with Gasteiger partial charge >= 0.3 is 0 Å². The lowest BCUT2D eigenvalue weighted by Crippen LogP contribution is -2.28. The van der Waals surface area contributed by atoms with Crippen LogP contribution in [0.4, 0.5) is 0 Å². The van der Waals surface area contributed by atoms with Crippen molar-refractivity contribution >= 4 is 5.91 Å². The zero-order chi connectivity index (χ0) is 16.9. The molecule has 1 aliphatic heterocycles. The number of carbonyl (C=O) groups is 1. The fraction of sp³-hybridized carbons (Fsp3) is 0.500. The van der Waals surface area contributed by atoms with E-state index in [9.17, 15) is 4.79 Å². The molecule has 3 heterocycles. The zero-order valence-electron chi connectivity index (χ0n) is 14.2. The Labute approximate surface area is 142 Å². The Morgan fingerprint density at radius 1 is 1.46 bits per heavy atom. The van der Waals surface area contributed by atoms with Crippen LogP contribution in [0.1, 0.15) is 60.3 Å². The van der Waals surface area contributed by atoms with Gasteiger partial charge in [0.1, 0.15) is 0 Å². The van der Waals surface area contributed by atoms with Gasteiger partial charge in [-0.15, -0.1) is 0 Å². The summed E-state index contributed by atoms with van der Waals surface area (Å²) in [6.07, 6.45) is 7.20. The van der Waals surface area contributed by atoms with E-state index in [0.717, 1.165) is 43.9 Å². The zero-order valence-corrected chi connectivity index (χ0v) is 14.2. The molecule has 0 spiro atoms. The summed E-state index contributed by atoms with van der Waals surface area (Å²) in [6, 6.07) is 3.74. The van der Waals surface area contributed by atoms with E-state index >= 15 is 0 Å². The Kier molecular flexibility index (Phi) is 5.25. The van der Waals surface area contributed by atoms with Gasteiger partial charge in [0.15, 0.2) is 0 Å². The van der Waals surface area contributed by atoms with E-state index in [0.29, 0.717) is 11.5 Å². The molecule has 0 aliphatic carbocycles. The fourth-order valence-electron chi connectivity index (χ4n) is 3.04. The Morgan fingerprint density at radius 2 is 2.25 bits per heavy atom. The molecule has 1 fully saturated rings. The Hall–Kier alpha value is -2.21. The van der Waals surface area contributed by atoms with Gasteiger partial charge in [-0.1, -0.05) is 6.07 Å². The summed E-state index contributed by atoms with van der Waals surface area (Å²) in [7, 11) is 0. The fourth-order valence-corrected chi connectivity index (χ4v) is 3.04. The molecule has 24 heavy (non-hydrogen) atoms. The van der Waals surface area contributed by atoms with Crippen LogP contribution in [0.15, 0.2) is 30.7 Å². The van der Waals surface area contributed by atoms with Gasteiger partial charge in [0, 0.05) is 44.3 Å². The standard InChI is InChI=1S/C18H24N4O2/c1-3-22-12-16(17(21-22)14-6-9-24-10-7-14)18(23)20-13(2)15-5-4-8-19-11-15/h4-5,8,11-14H,3,6-7,9-10H2,1-2H3,(H,20,23)/t13-/m0/s1. The van der Waals surface area contributed by atoms with Crippen molar-refractivity contribution in [2.45, 2.75) is 45.2 Å². The minimum atomic E-state index is -0.0984. The largest absolute Gasteiger partial charge is 0.381 e. The van der Waals surface area contributed by atoms with Crippen molar-refractivity contribution in [2.24, 2.45) is 0 Å². The highest BCUT2D eigenvalue weighted by Gasteiger charge is 2.26. The molecule has 0 bridgehead atoms. The molecule has 1 amide bonds. The van der Waals surface area contributed by atoms with Gasteiger partial charge in [-0.3, -0.25) is 14.5 Å². The summed E-state index contributed by atoms with van der Waals surface area (Å²) in [5.41, 5.74) is 2.57. The Bertz CT molecular complexity index is 678. The number of hydrogen-bond donors (Lipinski definition) is 1. The number of carbonyl (C=O) groups excluding carboxylic acids is 1. The molecule has 1 saturated heterocycles. The third-order valence-corrected chi connectivity index (χ3v) is 4.50. The van der Waals surface area contributed by atoms with Crippen molar-refractivity contribution in [3.05, 3.63) is 47.5 Å². The van der Waals surface area contributed by atoms with Crippen molar-refractivity contribution in [1.82, 2.24) is 20.1 Å². The van der Waals surface area contributed by atoms with Crippen LogP contribution in [0.5, 0.6) is 0 Å². The van der Waals surface area contributed by atoms with Gasteiger partial charge in [-0.2, -0.15) is 5.10 Å². The molecule has 0 unspecified atom stereocenters. The van der Waals surface area contributed by atoms with Crippen molar-refractivity contribution < 1.29 is 9.53 Å². The van der Waals surface area contributed by atoms with Gasteiger partial charge < -0.3 is 10.1 Å². The van der Waals surface area contributed by atoms with E-state index < -0.39 is 0 Å². The molecule has 2 aromatic rings. The van der Waals surface area contributed by atoms with Gasteiger partial charge in [-0.25, -0.2) is 0 Å². The van der Waals surface area contributed by atoms with E-state index in [4.69, 9.17) is 4.74 Å². The number of nitrogens with one attached hydrogen (secondary N) is 1. The lowest BCUT2D eigenvalue weighted by Gasteiger charge is -2.21. The molecular formula is C18H24N4O2. The molecule has 6 heteroatoms. The number of hydrogen-bond acceptors (Lipinski definition) is 4. The van der Waals surface area contributed by atoms with Crippen LogP contribution in [-0.2, 0) is 11.3 Å². The van der Waals surface area contributed by atoms with Gasteiger partial charge in [0.25, 0.3) is 5.91 Å². The van der Waals surface area contributed by atoms with Crippen LogP contribution in [0.3, 0.4) is 0 Å². The maximum absolute atomic E-state index is 12.8. The first-order valence-corrected chi connectivity index (χ1v) is 8.55. The summed E-state index contributed by atoms with van der Waals surface area (Å²) < 4.78 is 7.28. The number of aromatic nitrogens is 3. The molecule has 0 saturated carbocycles. The second-order valence-corrected chi connectivity index (χ2v) is 6.15. The van der Waals surface area contributed by atoms with E-state index in [1.165, 1.54) is 0 Å². The third kappa shape index (κ3) is 3.64. The summed E-state index contributed by atoms with van der Waals surface area (Å²) in [4.78, 5) is 16.9. The molecule has 1 aliphatic rings. The van der Waals surface area contributed by atoms with E-state index in [1.807, 2.05) is 36.9 Å². The lowest BCUT2D eigenvalue weighted by molar-refractivity contribution is 0.0831. The van der Waals surface area contributed by atoms with Crippen LogP contribution >= 0.6 is 0 Å². The normalized spacial score (nSPS) is 16.8. The van der Waals surface area contributed by atoms with Crippen LogP contribution in [0.25, 0.3) is 0 Å². The molecular weight excluding hydrogens is 304 g/mol. The first-order valence-electron chi connectivity index (χ1n) is 8.55. The minimum absolute atomic E-state index is 0.0763. The predicted molar refractivity (Wildman–Crippen MR) is 90.8 cm³/mol. The predicted octanol–water partition coefficient (Wildman–Crippen LogP) is 2.68. The average molecular weight is 328 g/mol. The van der Waals surface area contributed by atoms with E-state index in [1.54, 1.807) is 12.4 Å². The molecule has 1 N–H and O–H groups in total. The van der Waals surface area contributed by atoms with Gasteiger partial charge in [0.2, 0.25) is 0 Å². The van der Waals surface area contributed by atoms with Crippen LogP contribution < -0.4 is 5.32 Å². The lowest BCUT2D eigenvalue weighted by atomic mass is 9.93. The van der Waals surface area contributed by atoms with Crippen LogP contribution in [0.2, 0.25) is 0 Å². The van der Waals surface area contributed by atoms with Crippen LogP contribution in [-0.4, -0.2) is 33.9 Å². The van der Waals surface area contributed by atoms with Crippen molar-refractivity contribution in [3.63, 3.8) is 0 Å². The third-order valence-electron chi connectivity index (χ3n) is 4.50. The molecule has 0 radical (unpaired) electrons. The van der Waals surface area contributed by atoms with Crippen LogP contribution in [0, 0.1) is 0 Å². The number of nitrogens with zero attached hydrogens (tertiary/aromatic N) is 3. The number of ether oxygens (including phenoxy) is 1. The number of aryl methyl sites for hydroxylation is 1. The number of amides is 1. The number of rotatable bonds is 5. The highest BCUT2D eigenvalue weighted by atomic mass is 16.5. The molecule has 2 aromatic heterocycles. The van der Waals surface area contributed by atoms with Crippen molar-refractivity contribution in [3.8, 4) is 0 Å². The Morgan fingerprint density at radius 3 is 2.92 bits per heavy atom. The first-order chi connectivity index (χ1) is 11.7. The molecule has 6 nitrogen and oxygen atoms in total. The van der Waals surface area contributed by atoms with Gasteiger partial charge in [-0.05, 0) is 38.3 Å². The summed E-state index contributed by atoms with van der Waals surface area (Å²) in [5, 5.41) is 7.71. The van der Waals surface area contributed by atoms with Crippen molar-refractivity contribution in [1.29, 1.82) is 0 Å². The second kappa shape index (κ2) is 7.57. The van der Waals surface area contributed by atoms with Crippen molar-refractivity contribution in [2.75, 3.05) is 13.2 Å². The monoisotopic (exact) mass is 328 g/mol. The average Bonchev–Trinajstić information content (AvgIpc) is 3.08. The topological polar surface area (TPSA) is 69.0 Å². The maximum atomic E-state index is 12.8. The molecule has 3 rings (SSSR count). The molecule has 0 aromatic carbocycles. The summed E-state index contributed by atoms with van der Waals surface area (Å²) >= 11 is 0. The van der Waals surface area contributed by atoms with E-state index in [2.05, 4.69) is 15.4 Å². The Balaban J connectivity index is 1.79.